The van der Waals surface area contributed by atoms with Crippen molar-refractivity contribution in [1.29, 1.82) is 0 Å². The van der Waals surface area contributed by atoms with Gasteiger partial charge in [0, 0.05) is 37.9 Å². The number of hydrogen-bond acceptors (Lipinski definition) is 6. The smallest absolute Gasteiger partial charge is 0.326 e. The van der Waals surface area contributed by atoms with E-state index in [0.29, 0.717) is 26.1 Å². The van der Waals surface area contributed by atoms with E-state index in [4.69, 9.17) is 9.72 Å². The number of aromatic nitrogens is 1. The van der Waals surface area contributed by atoms with E-state index >= 15 is 0 Å². The molecule has 2 aliphatic rings. The summed E-state index contributed by atoms with van der Waals surface area (Å²) in [5.41, 5.74) is 2.42. The fourth-order valence-electron chi connectivity index (χ4n) is 4.52. The number of pyridine rings is 1. The molecule has 3 heterocycles. The summed E-state index contributed by atoms with van der Waals surface area (Å²) in [7, 11) is 0. The molecule has 0 spiro atoms. The minimum atomic E-state index is -0.989. The number of ether oxygens (including phenoxy) is 1. The normalized spacial score (nSPS) is 18.1. The van der Waals surface area contributed by atoms with Crippen LogP contribution < -0.4 is 10.6 Å². The molecule has 0 aromatic carbocycles. The molecule has 3 N–H and O–H groups in total. The maximum Gasteiger partial charge on any atom is 0.326 e. The van der Waals surface area contributed by atoms with Crippen molar-refractivity contribution in [3.63, 3.8) is 0 Å². The molecule has 0 bridgehead atoms. The van der Waals surface area contributed by atoms with E-state index in [9.17, 15) is 14.7 Å². The van der Waals surface area contributed by atoms with Gasteiger partial charge < -0.3 is 30.3 Å². The standard InChI is InChI=1S/C26H43N5O4/c1-19(2)35-18-17-30(15-12-23(25(32)33)29-26(34)31-16-11-20(31)3)14-5-4-8-22-10-9-21-7-6-13-27-24(21)28-22/h9-10,19-20,23H,4-8,11-18H2,1-3H3,(H,27,28)(H,29,34)(H,32,33). The summed E-state index contributed by atoms with van der Waals surface area (Å²) in [6, 6.07) is 3.34. The van der Waals surface area contributed by atoms with Gasteiger partial charge in [-0.25, -0.2) is 14.6 Å². The Kier molecular flexibility index (Phi) is 10.6. The highest BCUT2D eigenvalue weighted by atomic mass is 16.5. The molecule has 2 amide bonds. The molecule has 0 aliphatic carbocycles. The molecule has 1 saturated heterocycles. The number of unbranched alkanes of at least 4 members (excludes halogenated alkanes) is 1. The number of carbonyl (C=O) groups is 2. The van der Waals surface area contributed by atoms with Gasteiger partial charge in [-0.2, -0.15) is 0 Å². The predicted molar refractivity (Wildman–Crippen MR) is 137 cm³/mol. The molecule has 0 saturated carbocycles. The zero-order chi connectivity index (χ0) is 25.2. The van der Waals surface area contributed by atoms with Crippen molar-refractivity contribution in [2.24, 2.45) is 0 Å². The third kappa shape index (κ3) is 8.65. The summed E-state index contributed by atoms with van der Waals surface area (Å²) < 4.78 is 5.73. The molecule has 1 fully saturated rings. The highest BCUT2D eigenvalue weighted by Gasteiger charge is 2.31. The third-order valence-corrected chi connectivity index (χ3v) is 6.88. The van der Waals surface area contributed by atoms with Crippen LogP contribution in [0.4, 0.5) is 10.6 Å². The maximum absolute atomic E-state index is 12.4. The largest absolute Gasteiger partial charge is 0.480 e. The molecule has 2 aliphatic heterocycles. The summed E-state index contributed by atoms with van der Waals surface area (Å²) in [6.45, 7) is 10.5. The highest BCUT2D eigenvalue weighted by Crippen LogP contribution is 2.20. The average Bonchev–Trinajstić information content (AvgIpc) is 2.82. The second-order valence-corrected chi connectivity index (χ2v) is 10.0. The first kappa shape index (κ1) is 27.2. The van der Waals surface area contributed by atoms with Gasteiger partial charge in [-0.1, -0.05) is 6.07 Å². The minimum absolute atomic E-state index is 0.158. The molecule has 2 atom stereocenters. The number of carboxylic acid groups (broad SMARTS) is 1. The zero-order valence-corrected chi connectivity index (χ0v) is 21.6. The molecule has 9 heteroatoms. The number of likely N-dealkylation sites (tertiary alicyclic amines) is 1. The topological polar surface area (TPSA) is 107 Å². The first-order chi connectivity index (χ1) is 16.8. The summed E-state index contributed by atoms with van der Waals surface area (Å²) in [5.74, 6) is 0.0487. The molecule has 2 unspecified atom stereocenters. The van der Waals surface area contributed by atoms with E-state index in [1.807, 2.05) is 20.8 Å². The van der Waals surface area contributed by atoms with Gasteiger partial charge in [-0.05, 0) is 83.9 Å². The summed E-state index contributed by atoms with van der Waals surface area (Å²) in [4.78, 5) is 32.9. The van der Waals surface area contributed by atoms with Crippen LogP contribution in [0.1, 0.15) is 64.1 Å². The number of urea groups is 1. The van der Waals surface area contributed by atoms with E-state index in [1.165, 1.54) is 5.56 Å². The van der Waals surface area contributed by atoms with Gasteiger partial charge in [0.25, 0.3) is 0 Å². The summed E-state index contributed by atoms with van der Waals surface area (Å²) in [5, 5.41) is 15.8. The van der Waals surface area contributed by atoms with Gasteiger partial charge in [0.1, 0.15) is 11.9 Å². The van der Waals surface area contributed by atoms with Crippen molar-refractivity contribution in [2.75, 3.05) is 44.6 Å². The first-order valence-corrected chi connectivity index (χ1v) is 13.2. The lowest BCUT2D eigenvalue weighted by Gasteiger charge is -2.39. The van der Waals surface area contributed by atoms with Crippen LogP contribution in [0, 0.1) is 0 Å². The molecule has 9 nitrogen and oxygen atoms in total. The number of nitrogens with one attached hydrogen (secondary N) is 2. The Morgan fingerprint density at radius 1 is 1.29 bits per heavy atom. The van der Waals surface area contributed by atoms with E-state index in [2.05, 4.69) is 27.7 Å². The van der Waals surface area contributed by atoms with Crippen molar-refractivity contribution in [3.8, 4) is 0 Å². The minimum Gasteiger partial charge on any atom is -0.480 e. The second kappa shape index (κ2) is 13.6. The fraction of sp³-hybridized carbons (Fsp3) is 0.731. The van der Waals surface area contributed by atoms with Gasteiger partial charge in [0.05, 0.1) is 12.7 Å². The van der Waals surface area contributed by atoms with Crippen molar-refractivity contribution in [2.45, 2.75) is 83.9 Å². The van der Waals surface area contributed by atoms with Crippen molar-refractivity contribution in [3.05, 3.63) is 23.4 Å². The van der Waals surface area contributed by atoms with E-state index < -0.39 is 12.0 Å². The number of aliphatic carboxylic acids is 1. The van der Waals surface area contributed by atoms with Gasteiger partial charge >= 0.3 is 12.0 Å². The number of carbonyl (C=O) groups excluding carboxylic acids is 1. The van der Waals surface area contributed by atoms with Crippen LogP contribution in [-0.2, 0) is 22.4 Å². The van der Waals surface area contributed by atoms with E-state index in [-0.39, 0.29) is 18.2 Å². The molecule has 196 valence electrons. The highest BCUT2D eigenvalue weighted by molar-refractivity contribution is 5.83. The Bertz CT molecular complexity index is 834. The van der Waals surface area contributed by atoms with Crippen LogP contribution in [0.2, 0.25) is 0 Å². The number of aryl methyl sites for hydroxylation is 2. The lowest BCUT2D eigenvalue weighted by molar-refractivity contribution is -0.139. The Hall–Kier alpha value is -2.39. The lowest BCUT2D eigenvalue weighted by atomic mass is 10.1. The Balaban J connectivity index is 1.46. The van der Waals surface area contributed by atoms with Crippen LogP contribution in [0.3, 0.4) is 0 Å². The van der Waals surface area contributed by atoms with Crippen LogP contribution in [0.5, 0.6) is 0 Å². The average molecular weight is 490 g/mol. The monoisotopic (exact) mass is 489 g/mol. The van der Waals surface area contributed by atoms with Crippen molar-refractivity contribution >= 4 is 17.8 Å². The third-order valence-electron chi connectivity index (χ3n) is 6.88. The van der Waals surface area contributed by atoms with E-state index in [1.54, 1.807) is 4.90 Å². The van der Waals surface area contributed by atoms with Crippen molar-refractivity contribution in [1.82, 2.24) is 20.1 Å². The number of nitrogens with zero attached hydrogens (tertiary/aromatic N) is 3. The Labute approximate surface area is 209 Å². The number of anilines is 1. The SMILES string of the molecule is CC(C)OCCN(CCCCc1ccc2c(n1)NCCC2)CCC(NC(=O)N1CCC1C)C(=O)O. The number of carboxylic acids is 1. The molecule has 35 heavy (non-hydrogen) atoms. The van der Waals surface area contributed by atoms with Gasteiger partial charge in [0.2, 0.25) is 0 Å². The van der Waals surface area contributed by atoms with Gasteiger partial charge in [0.15, 0.2) is 0 Å². The van der Waals surface area contributed by atoms with Crippen molar-refractivity contribution < 1.29 is 19.4 Å². The second-order valence-electron chi connectivity index (χ2n) is 10.0. The molecule has 1 aromatic rings. The number of amides is 2. The first-order valence-electron chi connectivity index (χ1n) is 13.2. The quantitative estimate of drug-likeness (QED) is 0.345. The Morgan fingerprint density at radius 2 is 2.11 bits per heavy atom. The van der Waals surface area contributed by atoms with Crippen LogP contribution in [0.15, 0.2) is 12.1 Å². The number of fused-ring (bicyclic) bond motifs is 1. The number of rotatable bonds is 14. The summed E-state index contributed by atoms with van der Waals surface area (Å²) >= 11 is 0. The van der Waals surface area contributed by atoms with Crippen LogP contribution in [0.25, 0.3) is 0 Å². The number of hydrogen-bond donors (Lipinski definition) is 3. The van der Waals surface area contributed by atoms with E-state index in [0.717, 1.165) is 69.7 Å². The maximum atomic E-state index is 12.4. The van der Waals surface area contributed by atoms with Crippen LogP contribution >= 0.6 is 0 Å². The molecule has 1 aromatic heterocycles. The van der Waals surface area contributed by atoms with Gasteiger partial charge in [-0.15, -0.1) is 0 Å². The fourth-order valence-corrected chi connectivity index (χ4v) is 4.52. The Morgan fingerprint density at radius 3 is 2.80 bits per heavy atom. The molecule has 0 radical (unpaired) electrons. The lowest BCUT2D eigenvalue weighted by Crippen LogP contribution is -2.57. The van der Waals surface area contributed by atoms with Crippen LogP contribution in [-0.4, -0.2) is 89.4 Å². The molecular weight excluding hydrogens is 446 g/mol. The predicted octanol–water partition coefficient (Wildman–Crippen LogP) is 3.14. The van der Waals surface area contributed by atoms with Gasteiger partial charge in [-0.3, -0.25) is 0 Å². The molecular formula is C26H43N5O4. The zero-order valence-electron chi connectivity index (χ0n) is 21.6. The summed E-state index contributed by atoms with van der Waals surface area (Å²) in [6.07, 6.45) is 6.67. The molecule has 3 rings (SSSR count).